The molecule has 1 amide bonds. The van der Waals surface area contributed by atoms with Crippen LogP contribution in [-0.4, -0.2) is 11.7 Å². The van der Waals surface area contributed by atoms with E-state index in [0.717, 1.165) is 36.8 Å². The van der Waals surface area contributed by atoms with E-state index < -0.39 is 5.91 Å². The normalized spacial score (nSPS) is 13.7. The van der Waals surface area contributed by atoms with Crippen LogP contribution < -0.4 is 5.32 Å². The first-order valence-corrected chi connectivity index (χ1v) is 9.05. The lowest BCUT2D eigenvalue weighted by molar-refractivity contribution is -0.118. The lowest BCUT2D eigenvalue weighted by Gasteiger charge is -2.09. The Labute approximate surface area is 150 Å². The van der Waals surface area contributed by atoms with E-state index in [1.54, 1.807) is 6.08 Å². The molecule has 25 heavy (non-hydrogen) atoms. The number of benzene rings is 1. The highest BCUT2D eigenvalue weighted by molar-refractivity contribution is 7.16. The fourth-order valence-electron chi connectivity index (χ4n) is 2.99. The fraction of sp³-hybridized carbons (Fsp3) is 0.250. The first-order valence-electron chi connectivity index (χ1n) is 8.24. The fourth-order valence-corrected chi connectivity index (χ4v) is 4.22. The van der Waals surface area contributed by atoms with Crippen molar-refractivity contribution in [2.24, 2.45) is 0 Å². The Hall–Kier alpha value is -2.71. The van der Waals surface area contributed by atoms with Gasteiger partial charge in [-0.25, -0.2) is 0 Å². The van der Waals surface area contributed by atoms with Gasteiger partial charge in [-0.15, -0.1) is 11.3 Å². The number of amides is 1. The van der Waals surface area contributed by atoms with Crippen LogP contribution in [0.25, 0.3) is 6.08 Å². The van der Waals surface area contributed by atoms with E-state index in [2.05, 4.69) is 11.4 Å². The van der Waals surface area contributed by atoms with Gasteiger partial charge in [-0.3, -0.25) is 9.59 Å². The van der Waals surface area contributed by atoms with Crippen molar-refractivity contribution < 1.29 is 9.59 Å². The minimum atomic E-state index is -0.466. The lowest BCUT2D eigenvalue weighted by atomic mass is 9.96. The van der Waals surface area contributed by atoms with Crippen LogP contribution in [0.4, 0.5) is 5.00 Å². The summed E-state index contributed by atoms with van der Waals surface area (Å²) < 4.78 is 0. The molecule has 0 saturated carbocycles. The van der Waals surface area contributed by atoms with Crippen LogP contribution in [0, 0.1) is 11.3 Å². The second-order valence-electron chi connectivity index (χ2n) is 6.01. The summed E-state index contributed by atoms with van der Waals surface area (Å²) in [5.74, 6) is -0.771. The second kappa shape index (κ2) is 7.45. The highest BCUT2D eigenvalue weighted by atomic mass is 32.1. The predicted octanol–water partition coefficient (Wildman–Crippen LogP) is 4.11. The number of thiophene rings is 1. The molecule has 0 saturated heterocycles. The number of fused-ring (bicyclic) bond motifs is 1. The van der Waals surface area contributed by atoms with Crippen LogP contribution in [0.1, 0.15) is 41.3 Å². The van der Waals surface area contributed by atoms with Gasteiger partial charge in [0.05, 0.1) is 11.1 Å². The number of hydrogen-bond acceptors (Lipinski definition) is 4. The van der Waals surface area contributed by atoms with Crippen LogP contribution in [0.2, 0.25) is 0 Å². The zero-order chi connectivity index (χ0) is 17.8. The summed E-state index contributed by atoms with van der Waals surface area (Å²) in [6.07, 6.45) is 5.59. The van der Waals surface area contributed by atoms with Crippen molar-refractivity contribution in [3.05, 3.63) is 57.5 Å². The number of nitriles is 1. The third-order valence-electron chi connectivity index (χ3n) is 4.24. The van der Waals surface area contributed by atoms with E-state index in [-0.39, 0.29) is 11.4 Å². The van der Waals surface area contributed by atoms with Gasteiger partial charge in [-0.2, -0.15) is 5.26 Å². The second-order valence-corrected chi connectivity index (χ2v) is 7.11. The Kier molecular flexibility index (Phi) is 5.11. The number of carbonyl (C=O) groups excluding carboxylic acids is 2. The highest BCUT2D eigenvalue weighted by Gasteiger charge is 2.23. The maximum Gasteiger partial charge on any atom is 0.259 e. The molecular formula is C20H18N2O2S. The summed E-state index contributed by atoms with van der Waals surface area (Å²) in [5.41, 5.74) is 2.48. The summed E-state index contributed by atoms with van der Waals surface area (Å²) in [6, 6.07) is 11.5. The third kappa shape index (κ3) is 3.70. The molecule has 126 valence electrons. The zero-order valence-electron chi connectivity index (χ0n) is 14.0. The summed E-state index contributed by atoms with van der Waals surface area (Å²) >= 11 is 1.46. The van der Waals surface area contributed by atoms with Crippen molar-refractivity contribution in [2.75, 3.05) is 5.32 Å². The number of anilines is 1. The van der Waals surface area contributed by atoms with Crippen molar-refractivity contribution in [3.63, 3.8) is 0 Å². The van der Waals surface area contributed by atoms with Gasteiger partial charge in [0.2, 0.25) is 0 Å². The van der Waals surface area contributed by atoms with Gasteiger partial charge in [-0.1, -0.05) is 30.3 Å². The molecule has 0 unspecified atom stereocenters. The molecule has 3 rings (SSSR count). The number of Topliss-reactive ketones (excluding diaryl/α,β-unsaturated/α-hetero) is 1. The molecule has 1 aromatic carbocycles. The molecule has 1 aliphatic carbocycles. The quantitative estimate of drug-likeness (QED) is 0.512. The number of nitrogens with zero attached hydrogens (tertiary/aromatic N) is 1. The summed E-state index contributed by atoms with van der Waals surface area (Å²) in [7, 11) is 0. The van der Waals surface area contributed by atoms with Gasteiger partial charge in [0, 0.05) is 4.88 Å². The van der Waals surface area contributed by atoms with Gasteiger partial charge in [0.15, 0.2) is 5.78 Å². The molecule has 1 N–H and O–H groups in total. The van der Waals surface area contributed by atoms with Crippen molar-refractivity contribution in [1.82, 2.24) is 0 Å². The topological polar surface area (TPSA) is 70.0 Å². The average molecular weight is 350 g/mol. The molecule has 0 spiro atoms. The number of rotatable bonds is 4. The average Bonchev–Trinajstić information content (AvgIpc) is 2.97. The summed E-state index contributed by atoms with van der Waals surface area (Å²) in [6.45, 7) is 1.37. The minimum absolute atomic E-state index is 0.0847. The molecule has 0 radical (unpaired) electrons. The van der Waals surface area contributed by atoms with Gasteiger partial charge < -0.3 is 5.32 Å². The van der Waals surface area contributed by atoms with Crippen molar-refractivity contribution >= 4 is 34.1 Å². The number of hydrogen-bond donors (Lipinski definition) is 1. The summed E-state index contributed by atoms with van der Waals surface area (Å²) in [5, 5.41) is 12.8. The van der Waals surface area contributed by atoms with Crippen LogP contribution in [0.3, 0.4) is 0 Å². The standard InChI is InChI=1S/C20H18N2O2S/c1-13(23)16(11-14-7-3-2-4-8-14)19(24)22-20-17(12-21)15-9-5-6-10-18(15)25-20/h2-4,7-8,11H,5-6,9-10H2,1H3,(H,22,24)/b16-11+. The molecule has 0 fully saturated rings. The Morgan fingerprint density at radius 1 is 1.20 bits per heavy atom. The van der Waals surface area contributed by atoms with Gasteiger partial charge in [0.1, 0.15) is 11.1 Å². The Bertz CT molecular complexity index is 888. The summed E-state index contributed by atoms with van der Waals surface area (Å²) in [4.78, 5) is 25.8. The van der Waals surface area contributed by atoms with Gasteiger partial charge >= 0.3 is 0 Å². The molecule has 1 heterocycles. The molecule has 1 aromatic heterocycles. The van der Waals surface area contributed by atoms with E-state index in [4.69, 9.17) is 0 Å². The number of nitrogens with one attached hydrogen (secondary N) is 1. The molecule has 4 nitrogen and oxygen atoms in total. The van der Waals surface area contributed by atoms with E-state index in [1.165, 1.54) is 23.1 Å². The van der Waals surface area contributed by atoms with Crippen LogP contribution >= 0.6 is 11.3 Å². The SMILES string of the molecule is CC(=O)/C(=C\c1ccccc1)C(=O)Nc1sc2c(c1C#N)CCCC2. The monoisotopic (exact) mass is 350 g/mol. The maximum absolute atomic E-state index is 12.6. The lowest BCUT2D eigenvalue weighted by Crippen LogP contribution is -2.18. The molecule has 2 aromatic rings. The Morgan fingerprint density at radius 3 is 2.60 bits per heavy atom. The van der Waals surface area contributed by atoms with E-state index in [0.29, 0.717) is 10.6 Å². The van der Waals surface area contributed by atoms with Crippen LogP contribution in [0.15, 0.2) is 35.9 Å². The van der Waals surface area contributed by atoms with Crippen molar-refractivity contribution in [1.29, 1.82) is 5.26 Å². The molecule has 1 aliphatic rings. The molecule has 0 bridgehead atoms. The third-order valence-corrected chi connectivity index (χ3v) is 5.45. The van der Waals surface area contributed by atoms with Gasteiger partial charge in [0.25, 0.3) is 5.91 Å². The van der Waals surface area contributed by atoms with Crippen molar-refractivity contribution in [3.8, 4) is 6.07 Å². The molecule has 0 atom stereocenters. The Balaban J connectivity index is 1.90. The maximum atomic E-state index is 12.6. The Morgan fingerprint density at radius 2 is 1.92 bits per heavy atom. The predicted molar refractivity (Wildman–Crippen MR) is 99.4 cm³/mol. The molecular weight excluding hydrogens is 332 g/mol. The van der Waals surface area contributed by atoms with E-state index in [1.807, 2.05) is 30.3 Å². The van der Waals surface area contributed by atoms with Crippen LogP contribution in [-0.2, 0) is 22.4 Å². The molecule has 5 heteroatoms. The first-order chi connectivity index (χ1) is 12.1. The van der Waals surface area contributed by atoms with E-state index >= 15 is 0 Å². The molecule has 0 aliphatic heterocycles. The smallest absolute Gasteiger partial charge is 0.259 e. The zero-order valence-corrected chi connectivity index (χ0v) is 14.8. The number of aryl methyl sites for hydroxylation is 1. The number of ketones is 1. The van der Waals surface area contributed by atoms with Crippen LogP contribution in [0.5, 0.6) is 0 Å². The first kappa shape index (κ1) is 17.1. The largest absolute Gasteiger partial charge is 0.312 e. The highest BCUT2D eigenvalue weighted by Crippen LogP contribution is 2.37. The van der Waals surface area contributed by atoms with Gasteiger partial charge in [-0.05, 0) is 49.8 Å². The minimum Gasteiger partial charge on any atom is -0.312 e. The number of carbonyl (C=O) groups is 2. The van der Waals surface area contributed by atoms with E-state index in [9.17, 15) is 14.9 Å². The van der Waals surface area contributed by atoms with Crippen molar-refractivity contribution in [2.45, 2.75) is 32.6 Å².